The van der Waals surface area contributed by atoms with Crippen LogP contribution in [-0.4, -0.2) is 58.8 Å². The van der Waals surface area contributed by atoms with Crippen LogP contribution in [0.4, 0.5) is 0 Å². The lowest BCUT2D eigenvalue weighted by molar-refractivity contribution is -0.139. The van der Waals surface area contributed by atoms with Crippen LogP contribution in [0.25, 0.3) is 11.3 Å². The molecule has 174 valence electrons. The molecule has 1 aromatic carbocycles. The van der Waals surface area contributed by atoms with E-state index in [0.29, 0.717) is 12.1 Å². The monoisotopic (exact) mass is 467 g/mol. The lowest BCUT2D eigenvalue weighted by atomic mass is 9.95. The number of aryl methyl sites for hydroxylation is 1. The smallest absolute Gasteiger partial charge is 0.251 e. The fourth-order valence-electron chi connectivity index (χ4n) is 5.48. The van der Waals surface area contributed by atoms with Crippen LogP contribution in [0.5, 0.6) is 0 Å². The maximum Gasteiger partial charge on any atom is 0.251 e. The average Bonchev–Trinajstić information content (AvgIpc) is 3.60. The third kappa shape index (κ3) is 4.22. The Morgan fingerprint density at radius 3 is 2.61 bits per heavy atom. The highest BCUT2D eigenvalue weighted by molar-refractivity contribution is 7.09. The molecule has 4 atom stereocenters. The van der Waals surface area contributed by atoms with Gasteiger partial charge in [0.25, 0.3) is 5.91 Å². The predicted molar refractivity (Wildman–Crippen MR) is 125 cm³/mol. The Labute approximate surface area is 197 Å². The van der Waals surface area contributed by atoms with Gasteiger partial charge in [-0.25, -0.2) is 4.98 Å². The van der Waals surface area contributed by atoms with Gasteiger partial charge in [-0.05, 0) is 37.8 Å². The summed E-state index contributed by atoms with van der Waals surface area (Å²) in [6.45, 7) is 4.53. The highest BCUT2D eigenvalue weighted by Crippen LogP contribution is 2.35. The number of ketones is 1. The van der Waals surface area contributed by atoms with Gasteiger partial charge in [0.15, 0.2) is 5.78 Å². The van der Waals surface area contributed by atoms with Crippen LogP contribution in [0.3, 0.4) is 0 Å². The molecule has 2 aliphatic heterocycles. The fraction of sp³-hybridized carbons (Fsp3) is 0.520. The minimum atomic E-state index is -0.625. The molecule has 0 spiro atoms. The lowest BCUT2D eigenvalue weighted by Gasteiger charge is -2.30. The first-order valence-corrected chi connectivity index (χ1v) is 12.6. The number of fused-ring (bicyclic) bond motifs is 1. The van der Waals surface area contributed by atoms with Gasteiger partial charge in [0, 0.05) is 29.0 Å². The van der Waals surface area contributed by atoms with Crippen LogP contribution in [0.1, 0.15) is 48.0 Å². The summed E-state index contributed by atoms with van der Waals surface area (Å²) in [4.78, 5) is 45.4. The van der Waals surface area contributed by atoms with Crippen LogP contribution < -0.4 is 5.32 Å². The summed E-state index contributed by atoms with van der Waals surface area (Å²) in [5.41, 5.74) is 2.36. The topological polar surface area (TPSA) is 88.6 Å². The van der Waals surface area contributed by atoms with Crippen LogP contribution in [0, 0.1) is 18.8 Å². The Morgan fingerprint density at radius 2 is 1.94 bits per heavy atom. The summed E-state index contributed by atoms with van der Waals surface area (Å²) in [6.07, 6.45) is 3.68. The minimum Gasteiger partial charge on any atom is -0.367 e. The van der Waals surface area contributed by atoms with Gasteiger partial charge in [0.05, 0.1) is 16.8 Å². The maximum absolute atomic E-state index is 13.7. The van der Waals surface area contributed by atoms with Gasteiger partial charge in [-0.1, -0.05) is 31.9 Å². The Bertz CT molecular complexity index is 1060. The van der Waals surface area contributed by atoms with E-state index < -0.39 is 12.1 Å². The van der Waals surface area contributed by atoms with Crippen molar-refractivity contribution in [2.75, 3.05) is 13.2 Å². The van der Waals surface area contributed by atoms with E-state index in [4.69, 9.17) is 4.74 Å². The van der Waals surface area contributed by atoms with E-state index >= 15 is 0 Å². The number of hydrogen-bond acceptors (Lipinski definition) is 6. The van der Waals surface area contributed by atoms with Gasteiger partial charge in [0.1, 0.15) is 18.7 Å². The molecule has 0 bridgehead atoms. The molecule has 7 nitrogen and oxygen atoms in total. The molecule has 3 fully saturated rings. The Balaban J connectivity index is 1.34. The number of nitrogens with zero attached hydrogens (tertiary/aromatic N) is 2. The number of Topliss-reactive ketones (excluding diaryl/α,β-unsaturated/α-hetero) is 1. The molecule has 8 heteroatoms. The summed E-state index contributed by atoms with van der Waals surface area (Å²) >= 11 is 1.59. The zero-order valence-corrected chi connectivity index (χ0v) is 19.8. The van der Waals surface area contributed by atoms with Crippen molar-refractivity contribution in [1.82, 2.24) is 15.2 Å². The number of thiazole rings is 1. The van der Waals surface area contributed by atoms with Crippen molar-refractivity contribution in [3.63, 3.8) is 0 Å². The molecule has 1 saturated carbocycles. The van der Waals surface area contributed by atoms with Crippen molar-refractivity contribution in [3.8, 4) is 11.3 Å². The molecule has 1 aliphatic carbocycles. The number of amides is 2. The standard InChI is InChI=1S/C25H29N3O4S/c1-14-11-28(22-20(29)12-32-23(14)22)25(31)21(17-5-3-4-6-17)27-24(30)18-9-7-16(8-10-18)19-13-33-15(2)26-19/h7-10,13-14,17,21-23H,3-6,11-12H2,1-2H3,(H,27,30)/t14-,21+,22-,23-/m1/s1. The highest BCUT2D eigenvalue weighted by Gasteiger charge is 2.52. The lowest BCUT2D eigenvalue weighted by Crippen LogP contribution is -2.54. The maximum atomic E-state index is 13.7. The molecule has 33 heavy (non-hydrogen) atoms. The number of carbonyl (C=O) groups is 3. The predicted octanol–water partition coefficient (Wildman–Crippen LogP) is 3.22. The molecule has 5 rings (SSSR count). The quantitative estimate of drug-likeness (QED) is 0.729. The summed E-state index contributed by atoms with van der Waals surface area (Å²) in [6, 6.07) is 6.18. The van der Waals surface area contributed by atoms with Crippen LogP contribution in [0.2, 0.25) is 0 Å². The first kappa shape index (κ1) is 22.2. The minimum absolute atomic E-state index is 0.0398. The van der Waals surface area contributed by atoms with Crippen molar-refractivity contribution < 1.29 is 19.1 Å². The number of nitrogens with one attached hydrogen (secondary N) is 1. The first-order chi connectivity index (χ1) is 15.9. The molecular formula is C25H29N3O4S. The Morgan fingerprint density at radius 1 is 1.21 bits per heavy atom. The van der Waals surface area contributed by atoms with Gasteiger partial charge < -0.3 is 15.0 Å². The van der Waals surface area contributed by atoms with E-state index in [9.17, 15) is 14.4 Å². The average molecular weight is 468 g/mol. The molecule has 1 aromatic heterocycles. The van der Waals surface area contributed by atoms with Crippen molar-refractivity contribution in [1.29, 1.82) is 0 Å². The van der Waals surface area contributed by atoms with Gasteiger partial charge >= 0.3 is 0 Å². The number of rotatable bonds is 5. The third-order valence-electron chi connectivity index (χ3n) is 7.21. The number of ether oxygens (including phenoxy) is 1. The van der Waals surface area contributed by atoms with Gasteiger partial charge in [0.2, 0.25) is 5.91 Å². The SMILES string of the molecule is Cc1nc(-c2ccc(C(=O)N[C@H](C(=O)N3C[C@@H](C)[C@H]4OCC(=O)[C@H]43)C3CCCC3)cc2)cs1. The van der Waals surface area contributed by atoms with Gasteiger partial charge in [-0.15, -0.1) is 11.3 Å². The first-order valence-electron chi connectivity index (χ1n) is 11.7. The Kier molecular flexibility index (Phi) is 6.05. The van der Waals surface area contributed by atoms with E-state index in [1.807, 2.05) is 31.4 Å². The Hall–Kier alpha value is -2.58. The molecule has 0 unspecified atom stereocenters. The number of likely N-dealkylation sites (tertiary alicyclic amines) is 1. The van der Waals surface area contributed by atoms with Crippen LogP contribution in [0.15, 0.2) is 29.6 Å². The highest BCUT2D eigenvalue weighted by atomic mass is 32.1. The summed E-state index contributed by atoms with van der Waals surface area (Å²) in [7, 11) is 0. The molecule has 1 N–H and O–H groups in total. The zero-order chi connectivity index (χ0) is 23.1. The number of aromatic nitrogens is 1. The van der Waals surface area contributed by atoms with Crippen molar-refractivity contribution in [2.45, 2.75) is 57.7 Å². The van der Waals surface area contributed by atoms with Crippen molar-refractivity contribution in [3.05, 3.63) is 40.2 Å². The van der Waals surface area contributed by atoms with Crippen LogP contribution >= 0.6 is 11.3 Å². The fourth-order valence-corrected chi connectivity index (χ4v) is 6.11. The second kappa shape index (κ2) is 8.99. The summed E-state index contributed by atoms with van der Waals surface area (Å²) in [5.74, 6) is -0.262. The normalized spacial score (nSPS) is 25.9. The molecule has 2 amide bonds. The van der Waals surface area contributed by atoms with Gasteiger partial charge in [-0.2, -0.15) is 0 Å². The largest absolute Gasteiger partial charge is 0.367 e. The molecular weight excluding hydrogens is 438 g/mol. The van der Waals surface area contributed by atoms with Crippen molar-refractivity contribution in [2.24, 2.45) is 11.8 Å². The molecule has 2 saturated heterocycles. The second-order valence-corrected chi connectivity index (χ2v) is 10.5. The van der Waals surface area contributed by atoms with Gasteiger partial charge in [-0.3, -0.25) is 14.4 Å². The number of carbonyl (C=O) groups excluding carboxylic acids is 3. The third-order valence-corrected chi connectivity index (χ3v) is 7.98. The van der Waals surface area contributed by atoms with Crippen molar-refractivity contribution >= 4 is 28.9 Å². The van der Waals surface area contributed by atoms with E-state index in [-0.39, 0.29) is 42.1 Å². The molecule has 3 heterocycles. The number of benzene rings is 1. The van der Waals surface area contributed by atoms with E-state index in [2.05, 4.69) is 10.3 Å². The molecule has 3 aliphatic rings. The van der Waals surface area contributed by atoms with E-state index in [1.165, 1.54) is 0 Å². The molecule has 2 aromatic rings. The molecule has 0 radical (unpaired) electrons. The summed E-state index contributed by atoms with van der Waals surface area (Å²) in [5, 5.41) is 6.02. The number of hydrogen-bond donors (Lipinski definition) is 1. The van der Waals surface area contributed by atoms with Crippen LogP contribution in [-0.2, 0) is 14.3 Å². The second-order valence-electron chi connectivity index (χ2n) is 9.48. The zero-order valence-electron chi connectivity index (χ0n) is 19.0. The van der Waals surface area contributed by atoms with E-state index in [1.54, 1.807) is 28.4 Å². The van der Waals surface area contributed by atoms with E-state index in [0.717, 1.165) is 41.9 Å². The summed E-state index contributed by atoms with van der Waals surface area (Å²) < 4.78 is 5.65.